The van der Waals surface area contributed by atoms with E-state index in [2.05, 4.69) is 26.1 Å². The molecule has 1 nitrogen and oxygen atoms in total. The van der Waals surface area contributed by atoms with Crippen molar-refractivity contribution in [2.24, 2.45) is 11.3 Å². The van der Waals surface area contributed by atoms with Gasteiger partial charge in [0.25, 0.3) is 0 Å². The van der Waals surface area contributed by atoms with Gasteiger partial charge in [0.2, 0.25) is 0 Å². The first-order valence-corrected chi connectivity index (χ1v) is 4.66. The zero-order valence-electron chi connectivity index (χ0n) is 7.82. The summed E-state index contributed by atoms with van der Waals surface area (Å²) in [6.45, 7) is 11.1. The van der Waals surface area contributed by atoms with E-state index in [1.165, 1.54) is 32.4 Å². The van der Waals surface area contributed by atoms with Gasteiger partial charge in [0, 0.05) is 0 Å². The van der Waals surface area contributed by atoms with Crippen LogP contribution in [0.1, 0.15) is 33.1 Å². The lowest BCUT2D eigenvalue weighted by molar-refractivity contribution is 0.192. The van der Waals surface area contributed by atoms with Gasteiger partial charge in [-0.15, -0.1) is 0 Å². The summed E-state index contributed by atoms with van der Waals surface area (Å²) in [6, 6.07) is 0. The van der Waals surface area contributed by atoms with Crippen LogP contribution in [-0.4, -0.2) is 13.1 Å². The molecule has 1 radical (unpaired) electrons. The summed E-state index contributed by atoms with van der Waals surface area (Å²) in [4.78, 5) is 0. The Bertz CT molecular complexity index is 112. The zero-order valence-corrected chi connectivity index (χ0v) is 7.82. The molecule has 11 heavy (non-hydrogen) atoms. The molecule has 0 aliphatic carbocycles. The Labute approximate surface area is 70.6 Å². The predicted molar refractivity (Wildman–Crippen MR) is 49.3 cm³/mol. The smallest absolute Gasteiger partial charge is 0.00437 e. The van der Waals surface area contributed by atoms with E-state index >= 15 is 0 Å². The second kappa shape index (κ2) is 3.57. The van der Waals surface area contributed by atoms with E-state index in [4.69, 9.17) is 0 Å². The van der Waals surface area contributed by atoms with E-state index in [1.54, 1.807) is 0 Å². The molecule has 1 fully saturated rings. The molecule has 1 N–H and O–H groups in total. The van der Waals surface area contributed by atoms with Gasteiger partial charge in [-0.05, 0) is 43.7 Å². The zero-order chi connectivity index (χ0) is 8.32. The van der Waals surface area contributed by atoms with Gasteiger partial charge in [0.05, 0.1) is 0 Å². The highest BCUT2D eigenvalue weighted by molar-refractivity contribution is 4.82. The van der Waals surface area contributed by atoms with Crippen molar-refractivity contribution in [2.45, 2.75) is 33.1 Å². The first-order valence-electron chi connectivity index (χ1n) is 4.66. The second-order valence-electron chi connectivity index (χ2n) is 4.37. The Morgan fingerprint density at radius 1 is 1.45 bits per heavy atom. The van der Waals surface area contributed by atoms with Crippen LogP contribution in [0.4, 0.5) is 0 Å². The topological polar surface area (TPSA) is 12.0 Å². The number of piperidine rings is 1. The molecule has 0 spiro atoms. The largest absolute Gasteiger partial charge is 0.317 e. The summed E-state index contributed by atoms with van der Waals surface area (Å²) in [5.74, 6) is 0.609. The van der Waals surface area contributed by atoms with Gasteiger partial charge in [-0.25, -0.2) is 0 Å². The maximum atomic E-state index is 4.06. The van der Waals surface area contributed by atoms with E-state index < -0.39 is 0 Å². The third-order valence-corrected chi connectivity index (χ3v) is 2.65. The van der Waals surface area contributed by atoms with Crippen LogP contribution in [0.25, 0.3) is 0 Å². The van der Waals surface area contributed by atoms with Crippen LogP contribution >= 0.6 is 0 Å². The number of rotatable bonds is 2. The van der Waals surface area contributed by atoms with Crippen molar-refractivity contribution in [3.8, 4) is 0 Å². The Morgan fingerprint density at radius 2 is 2.00 bits per heavy atom. The molecule has 1 atom stereocenters. The van der Waals surface area contributed by atoms with Crippen molar-refractivity contribution in [3.63, 3.8) is 0 Å². The van der Waals surface area contributed by atoms with E-state index in [-0.39, 0.29) is 0 Å². The van der Waals surface area contributed by atoms with Crippen LogP contribution in [0.3, 0.4) is 0 Å². The molecule has 1 aliphatic rings. The highest BCUT2D eigenvalue weighted by Crippen LogP contribution is 2.34. The average Bonchev–Trinajstić information content (AvgIpc) is 1.85. The number of hydrogen-bond acceptors (Lipinski definition) is 1. The predicted octanol–water partition coefficient (Wildman–Crippen LogP) is 2.24. The Kier molecular flexibility index (Phi) is 2.94. The number of hydrogen-bond donors (Lipinski definition) is 1. The highest BCUT2D eigenvalue weighted by atomic mass is 14.9. The summed E-state index contributed by atoms with van der Waals surface area (Å²) in [6.07, 6.45) is 3.94. The van der Waals surface area contributed by atoms with Gasteiger partial charge in [0.1, 0.15) is 0 Å². The van der Waals surface area contributed by atoms with E-state index in [0.717, 1.165) is 0 Å². The molecular formula is C10H20N. The van der Waals surface area contributed by atoms with E-state index in [0.29, 0.717) is 11.3 Å². The molecule has 1 heterocycles. The summed E-state index contributed by atoms with van der Waals surface area (Å²) >= 11 is 0. The molecule has 0 aromatic rings. The maximum absolute atomic E-state index is 4.06. The molecule has 0 saturated carbocycles. The summed E-state index contributed by atoms with van der Waals surface area (Å²) in [5.41, 5.74) is 0.576. The van der Waals surface area contributed by atoms with Crippen molar-refractivity contribution in [3.05, 3.63) is 6.92 Å². The first kappa shape index (κ1) is 9.05. The summed E-state index contributed by atoms with van der Waals surface area (Å²) in [5, 5.41) is 3.39. The van der Waals surface area contributed by atoms with Crippen molar-refractivity contribution >= 4 is 0 Å². The van der Waals surface area contributed by atoms with Crippen LogP contribution in [0.2, 0.25) is 0 Å². The first-order chi connectivity index (χ1) is 5.12. The van der Waals surface area contributed by atoms with Crippen molar-refractivity contribution < 1.29 is 0 Å². The number of nitrogens with one attached hydrogen (secondary N) is 1. The van der Waals surface area contributed by atoms with Crippen molar-refractivity contribution in [1.82, 2.24) is 5.32 Å². The SMILES string of the molecule is [CH2]C(C)CC1(C)CCNCC1. The molecule has 0 bridgehead atoms. The molecule has 0 aromatic heterocycles. The fraction of sp³-hybridized carbons (Fsp3) is 0.900. The van der Waals surface area contributed by atoms with Gasteiger partial charge in [0.15, 0.2) is 0 Å². The van der Waals surface area contributed by atoms with Crippen molar-refractivity contribution in [1.29, 1.82) is 0 Å². The maximum Gasteiger partial charge on any atom is -0.00437 e. The fourth-order valence-electron chi connectivity index (χ4n) is 2.08. The van der Waals surface area contributed by atoms with Crippen LogP contribution < -0.4 is 5.32 Å². The summed E-state index contributed by atoms with van der Waals surface area (Å²) in [7, 11) is 0. The Balaban J connectivity index is 2.37. The average molecular weight is 154 g/mol. The highest BCUT2D eigenvalue weighted by Gasteiger charge is 2.26. The van der Waals surface area contributed by atoms with Gasteiger partial charge in [-0.1, -0.05) is 20.8 Å². The van der Waals surface area contributed by atoms with Gasteiger partial charge < -0.3 is 5.32 Å². The lowest BCUT2D eigenvalue weighted by atomic mass is 9.75. The van der Waals surface area contributed by atoms with E-state index in [1.807, 2.05) is 0 Å². The molecule has 65 valence electrons. The van der Waals surface area contributed by atoms with E-state index in [9.17, 15) is 0 Å². The quantitative estimate of drug-likeness (QED) is 0.643. The molecule has 1 heteroatoms. The third kappa shape index (κ3) is 2.82. The molecule has 1 aliphatic heterocycles. The molecular weight excluding hydrogens is 134 g/mol. The Morgan fingerprint density at radius 3 is 2.45 bits per heavy atom. The minimum absolute atomic E-state index is 0.576. The lowest BCUT2D eigenvalue weighted by Gasteiger charge is -2.35. The Hall–Kier alpha value is -0.0400. The third-order valence-electron chi connectivity index (χ3n) is 2.65. The molecule has 0 amide bonds. The molecule has 1 unspecified atom stereocenters. The van der Waals surface area contributed by atoms with Gasteiger partial charge >= 0.3 is 0 Å². The summed E-state index contributed by atoms with van der Waals surface area (Å²) < 4.78 is 0. The van der Waals surface area contributed by atoms with Crippen LogP contribution in [0.15, 0.2) is 0 Å². The van der Waals surface area contributed by atoms with Crippen LogP contribution in [-0.2, 0) is 0 Å². The molecule has 1 saturated heterocycles. The van der Waals surface area contributed by atoms with Gasteiger partial charge in [-0.3, -0.25) is 0 Å². The minimum atomic E-state index is 0.576. The van der Waals surface area contributed by atoms with Crippen molar-refractivity contribution in [2.75, 3.05) is 13.1 Å². The lowest BCUT2D eigenvalue weighted by Crippen LogP contribution is -2.35. The second-order valence-corrected chi connectivity index (χ2v) is 4.37. The monoisotopic (exact) mass is 154 g/mol. The molecule has 1 rings (SSSR count). The van der Waals surface area contributed by atoms with Crippen LogP contribution in [0, 0.1) is 18.3 Å². The molecule has 0 aromatic carbocycles. The normalized spacial score (nSPS) is 24.0. The standard InChI is InChI=1S/C10H20N/c1-9(2)8-10(3)4-6-11-7-5-10/h9,11H,1,4-8H2,2-3H3. The van der Waals surface area contributed by atoms with Crippen LogP contribution in [0.5, 0.6) is 0 Å². The minimum Gasteiger partial charge on any atom is -0.317 e. The van der Waals surface area contributed by atoms with Gasteiger partial charge in [-0.2, -0.15) is 0 Å². The fourth-order valence-corrected chi connectivity index (χ4v) is 2.08.